The summed E-state index contributed by atoms with van der Waals surface area (Å²) in [5.41, 5.74) is 1.82. The van der Waals surface area contributed by atoms with E-state index < -0.39 is 11.9 Å². The van der Waals surface area contributed by atoms with E-state index in [0.717, 1.165) is 16.9 Å². The first kappa shape index (κ1) is 15.4. The maximum atomic E-state index is 10.9. The lowest BCUT2D eigenvalue weighted by Crippen LogP contribution is -2.07. The second-order valence-corrected chi connectivity index (χ2v) is 5.65. The lowest BCUT2D eigenvalue weighted by molar-refractivity contribution is -0.138. The number of carboxylic acid groups (broad SMARTS) is 1. The van der Waals surface area contributed by atoms with Crippen molar-refractivity contribution in [2.24, 2.45) is 0 Å². The first-order chi connectivity index (χ1) is 10.1. The minimum Gasteiger partial charge on any atom is -0.489 e. The third-order valence-electron chi connectivity index (χ3n) is 3.32. The van der Waals surface area contributed by atoms with Gasteiger partial charge in [0.25, 0.3) is 0 Å². The van der Waals surface area contributed by atoms with E-state index in [-0.39, 0.29) is 0 Å². The maximum absolute atomic E-state index is 10.9. The van der Waals surface area contributed by atoms with Gasteiger partial charge in [-0.3, -0.25) is 4.79 Å². The van der Waals surface area contributed by atoms with Crippen LogP contribution in [0.1, 0.15) is 24.0 Å². The molecule has 21 heavy (non-hydrogen) atoms. The van der Waals surface area contributed by atoms with Gasteiger partial charge < -0.3 is 9.84 Å². The largest absolute Gasteiger partial charge is 0.489 e. The third-order valence-corrected chi connectivity index (χ3v) is 4.06. The molecule has 2 aromatic rings. The monoisotopic (exact) mass is 302 g/mol. The van der Waals surface area contributed by atoms with E-state index in [9.17, 15) is 4.79 Å². The molecule has 1 unspecified atom stereocenters. The minimum atomic E-state index is -0.812. The molecule has 0 saturated carbocycles. The summed E-state index contributed by atoms with van der Waals surface area (Å²) in [6.07, 6.45) is 2.04. The lowest BCUT2D eigenvalue weighted by Gasteiger charge is -2.09. The van der Waals surface area contributed by atoms with Gasteiger partial charge in [-0.25, -0.2) is 0 Å². The topological polar surface area (TPSA) is 46.5 Å². The predicted octanol–water partition coefficient (Wildman–Crippen LogP) is 4.18. The second kappa shape index (κ2) is 7.18. The molecule has 0 bridgehead atoms. The van der Waals surface area contributed by atoms with E-state index in [1.54, 1.807) is 18.7 Å². The van der Waals surface area contributed by atoms with E-state index >= 15 is 0 Å². The van der Waals surface area contributed by atoms with Crippen LogP contribution in [0.4, 0.5) is 0 Å². The standard InChI is InChI=1S/C17H18O3S/c1-12(17(18)19)14-5-3-13(4-6-14)11-20-15-7-9-16(21-2)10-8-15/h3-10,12H,11H2,1-2H3,(H,18,19). The number of thioether (sulfide) groups is 1. The molecule has 110 valence electrons. The molecule has 2 rings (SSSR count). The summed E-state index contributed by atoms with van der Waals surface area (Å²) in [6.45, 7) is 2.15. The molecule has 1 N–H and O–H groups in total. The van der Waals surface area contributed by atoms with Crippen LogP contribution in [0.3, 0.4) is 0 Å². The molecule has 0 radical (unpaired) electrons. The summed E-state index contributed by atoms with van der Waals surface area (Å²) in [6, 6.07) is 15.5. The zero-order chi connectivity index (χ0) is 15.2. The van der Waals surface area contributed by atoms with Gasteiger partial charge in [0.15, 0.2) is 0 Å². The van der Waals surface area contributed by atoms with Gasteiger partial charge >= 0.3 is 5.97 Å². The lowest BCUT2D eigenvalue weighted by atomic mass is 10.0. The summed E-state index contributed by atoms with van der Waals surface area (Å²) in [5.74, 6) is -0.470. The molecule has 0 aliphatic carbocycles. The smallest absolute Gasteiger partial charge is 0.310 e. The number of carboxylic acids is 1. The van der Waals surface area contributed by atoms with Crippen molar-refractivity contribution in [1.82, 2.24) is 0 Å². The minimum absolute atomic E-state index is 0.473. The Balaban J connectivity index is 1.95. The highest BCUT2D eigenvalue weighted by molar-refractivity contribution is 7.98. The van der Waals surface area contributed by atoms with E-state index in [1.165, 1.54) is 4.90 Å². The van der Waals surface area contributed by atoms with E-state index in [2.05, 4.69) is 0 Å². The normalized spacial score (nSPS) is 11.9. The molecule has 0 aromatic heterocycles. The number of carbonyl (C=O) groups is 1. The molecule has 0 amide bonds. The van der Waals surface area contributed by atoms with Crippen molar-refractivity contribution >= 4 is 17.7 Å². The number of ether oxygens (including phenoxy) is 1. The Bertz CT molecular complexity index is 590. The van der Waals surface area contributed by atoms with Crippen LogP contribution < -0.4 is 4.74 Å². The quantitative estimate of drug-likeness (QED) is 0.813. The first-order valence-electron chi connectivity index (χ1n) is 6.68. The summed E-state index contributed by atoms with van der Waals surface area (Å²) < 4.78 is 5.71. The van der Waals surface area contributed by atoms with Crippen molar-refractivity contribution in [3.05, 3.63) is 59.7 Å². The van der Waals surface area contributed by atoms with Crippen molar-refractivity contribution in [3.8, 4) is 5.75 Å². The molecular weight excluding hydrogens is 284 g/mol. The molecule has 0 aliphatic rings. The zero-order valence-corrected chi connectivity index (χ0v) is 12.9. The van der Waals surface area contributed by atoms with Crippen LogP contribution >= 0.6 is 11.8 Å². The van der Waals surface area contributed by atoms with Gasteiger partial charge in [-0.15, -0.1) is 11.8 Å². The van der Waals surface area contributed by atoms with Crippen LogP contribution in [0.15, 0.2) is 53.4 Å². The Hall–Kier alpha value is -1.94. The summed E-state index contributed by atoms with van der Waals surface area (Å²) >= 11 is 1.70. The van der Waals surface area contributed by atoms with Gasteiger partial charge in [0.2, 0.25) is 0 Å². The first-order valence-corrected chi connectivity index (χ1v) is 7.91. The summed E-state index contributed by atoms with van der Waals surface area (Å²) in [5, 5.41) is 8.97. The van der Waals surface area contributed by atoms with Crippen LogP contribution in [0.2, 0.25) is 0 Å². The SMILES string of the molecule is CSc1ccc(OCc2ccc(C(C)C(=O)O)cc2)cc1. The third kappa shape index (κ3) is 4.26. The van der Waals surface area contributed by atoms with Crippen molar-refractivity contribution in [2.75, 3.05) is 6.26 Å². The highest BCUT2D eigenvalue weighted by atomic mass is 32.2. The second-order valence-electron chi connectivity index (χ2n) is 4.77. The molecule has 0 heterocycles. The molecule has 4 heteroatoms. The van der Waals surface area contributed by atoms with Gasteiger partial charge in [0, 0.05) is 4.90 Å². The Morgan fingerprint density at radius 1 is 1.14 bits per heavy atom. The van der Waals surface area contributed by atoms with Gasteiger partial charge in [0.1, 0.15) is 12.4 Å². The Kier molecular flexibility index (Phi) is 5.28. The van der Waals surface area contributed by atoms with Crippen LogP contribution in [0, 0.1) is 0 Å². The van der Waals surface area contributed by atoms with Crippen LogP contribution in [-0.4, -0.2) is 17.3 Å². The number of hydrogen-bond donors (Lipinski definition) is 1. The van der Waals surface area contributed by atoms with Gasteiger partial charge in [-0.2, -0.15) is 0 Å². The Labute approximate surface area is 129 Å². The van der Waals surface area contributed by atoms with Crippen molar-refractivity contribution < 1.29 is 14.6 Å². The Morgan fingerprint density at radius 3 is 2.29 bits per heavy atom. The van der Waals surface area contributed by atoms with Crippen LogP contribution in [0.5, 0.6) is 5.75 Å². The average Bonchev–Trinajstić information content (AvgIpc) is 2.53. The zero-order valence-electron chi connectivity index (χ0n) is 12.1. The highest BCUT2D eigenvalue weighted by Gasteiger charge is 2.12. The number of aliphatic carboxylic acids is 1. The highest BCUT2D eigenvalue weighted by Crippen LogP contribution is 2.20. The fourth-order valence-corrected chi connectivity index (χ4v) is 2.29. The van der Waals surface area contributed by atoms with Crippen molar-refractivity contribution in [3.63, 3.8) is 0 Å². The fraction of sp³-hybridized carbons (Fsp3) is 0.235. The van der Waals surface area contributed by atoms with Crippen molar-refractivity contribution in [2.45, 2.75) is 24.3 Å². The molecule has 0 fully saturated rings. The van der Waals surface area contributed by atoms with Gasteiger partial charge in [-0.1, -0.05) is 24.3 Å². The van der Waals surface area contributed by atoms with Gasteiger partial charge in [-0.05, 0) is 48.6 Å². The van der Waals surface area contributed by atoms with E-state index in [1.807, 2.05) is 54.8 Å². The number of benzene rings is 2. The Morgan fingerprint density at radius 2 is 1.76 bits per heavy atom. The predicted molar refractivity (Wildman–Crippen MR) is 85.0 cm³/mol. The molecule has 3 nitrogen and oxygen atoms in total. The average molecular weight is 302 g/mol. The van der Waals surface area contributed by atoms with E-state index in [0.29, 0.717) is 6.61 Å². The molecule has 0 spiro atoms. The van der Waals surface area contributed by atoms with Crippen molar-refractivity contribution in [1.29, 1.82) is 0 Å². The molecule has 2 aromatic carbocycles. The molecule has 0 saturated heterocycles. The number of hydrogen-bond acceptors (Lipinski definition) is 3. The number of rotatable bonds is 6. The van der Waals surface area contributed by atoms with E-state index in [4.69, 9.17) is 9.84 Å². The summed E-state index contributed by atoms with van der Waals surface area (Å²) in [4.78, 5) is 12.1. The fourth-order valence-electron chi connectivity index (χ4n) is 1.88. The van der Waals surface area contributed by atoms with Crippen LogP contribution in [-0.2, 0) is 11.4 Å². The van der Waals surface area contributed by atoms with Crippen LogP contribution in [0.25, 0.3) is 0 Å². The maximum Gasteiger partial charge on any atom is 0.310 e. The molecular formula is C17H18O3S. The molecule has 0 aliphatic heterocycles. The molecule has 1 atom stereocenters. The van der Waals surface area contributed by atoms with Gasteiger partial charge in [0.05, 0.1) is 5.92 Å². The summed E-state index contributed by atoms with van der Waals surface area (Å²) in [7, 11) is 0.